The number of likely N-dealkylation sites (tertiary alicyclic amines) is 1. The number of fused-ring (bicyclic) bond motifs is 2. The molecule has 0 saturated carbocycles. The largest absolute Gasteiger partial charge is 0.545 e. The minimum Gasteiger partial charge on any atom is -0.545 e. The molecule has 1 fully saturated rings. The first-order valence-electron chi connectivity index (χ1n) is 15.2. The molecule has 2 heterocycles. The van der Waals surface area contributed by atoms with Gasteiger partial charge in [0.2, 0.25) is 0 Å². The maximum atomic E-state index is 13.1. The van der Waals surface area contributed by atoms with E-state index in [2.05, 4.69) is 36.4 Å². The summed E-state index contributed by atoms with van der Waals surface area (Å²) in [5, 5.41) is 16.8. The highest BCUT2D eigenvalue weighted by Gasteiger charge is 2.42. The monoisotopic (exact) mass is 654 g/mol. The van der Waals surface area contributed by atoms with Crippen LogP contribution in [0.1, 0.15) is 40.7 Å². The summed E-state index contributed by atoms with van der Waals surface area (Å²) >= 11 is 12.8. The van der Waals surface area contributed by atoms with Crippen LogP contribution in [0.3, 0.4) is 0 Å². The number of carbonyl (C=O) groups is 3. The first-order valence-corrected chi connectivity index (χ1v) is 16.1. The van der Waals surface area contributed by atoms with Gasteiger partial charge in [0, 0.05) is 50.4 Å². The van der Waals surface area contributed by atoms with Crippen molar-refractivity contribution in [3.63, 3.8) is 0 Å². The average Bonchev–Trinajstić information content (AvgIpc) is 3.04. The summed E-state index contributed by atoms with van der Waals surface area (Å²) in [6.45, 7) is 4.71. The van der Waals surface area contributed by atoms with Crippen molar-refractivity contribution in [2.24, 2.45) is 5.92 Å². The number of hydrogen-bond donors (Lipinski definition) is 2. The van der Waals surface area contributed by atoms with Crippen LogP contribution >= 0.6 is 23.2 Å². The number of nitrogens with zero attached hydrogens (tertiary/aromatic N) is 1. The number of alkyl halides is 2. The number of carbonyl (C=O) groups excluding carboxylic acids is 2. The Labute approximate surface area is 274 Å². The molecule has 2 aliphatic heterocycles. The zero-order valence-corrected chi connectivity index (χ0v) is 26.9. The Kier molecular flexibility index (Phi) is 12.4. The van der Waals surface area contributed by atoms with E-state index in [0.717, 1.165) is 51.9 Å². The predicted molar refractivity (Wildman–Crippen MR) is 172 cm³/mol. The topological polar surface area (TPSA) is 111 Å². The standard InChI is InChI=1S/C31H36Cl2N2O2.C4H4O4/c1-34(30(36)24-8-3-2-4-9-24)22-26(25-11-12-28(32)29(33)21-25)13-17-35-18-15-31(16-19-35)27-10-6-5-7-23(27)14-20-37-31;5-3(6)1-2-4(7)8/h2-12,21,26,28-29H,13-20,22H2,1H3;1-2H,(H,5,6)(H,7,8)/b;2-1-. The van der Waals surface area contributed by atoms with Crippen LogP contribution in [0.25, 0.3) is 0 Å². The number of hydrogen-bond acceptors (Lipinski definition) is 5. The lowest BCUT2D eigenvalue weighted by molar-refractivity contribution is -0.908. The molecule has 1 saturated heterocycles. The summed E-state index contributed by atoms with van der Waals surface area (Å²) in [5.74, 6) is -2.56. The Morgan fingerprint density at radius 2 is 1.76 bits per heavy atom. The number of allylic oxidation sites excluding steroid dienone is 3. The molecule has 1 spiro atoms. The van der Waals surface area contributed by atoms with Crippen LogP contribution in [0, 0.1) is 5.92 Å². The van der Waals surface area contributed by atoms with Crippen LogP contribution in [-0.2, 0) is 26.3 Å². The van der Waals surface area contributed by atoms with Crippen LogP contribution in [0.2, 0.25) is 0 Å². The Morgan fingerprint density at radius 1 is 1.07 bits per heavy atom. The molecule has 2 N–H and O–H groups in total. The molecular weight excluding hydrogens is 615 g/mol. The lowest BCUT2D eigenvalue weighted by Crippen LogP contribution is -3.13. The number of benzene rings is 2. The molecule has 240 valence electrons. The fourth-order valence-electron chi connectivity index (χ4n) is 6.30. The Hall–Kier alpha value is -3.43. The summed E-state index contributed by atoms with van der Waals surface area (Å²) in [5.41, 5.74) is 4.64. The summed E-state index contributed by atoms with van der Waals surface area (Å²) in [6.07, 6.45) is 11.2. The number of carboxylic acid groups (broad SMARTS) is 2. The normalized spacial score (nSPS) is 24.6. The van der Waals surface area contributed by atoms with E-state index in [1.54, 1.807) is 4.90 Å². The van der Waals surface area contributed by atoms with Crippen LogP contribution in [0.15, 0.2) is 90.6 Å². The number of piperidine rings is 1. The van der Waals surface area contributed by atoms with Gasteiger partial charge in [-0.3, -0.25) is 4.79 Å². The van der Waals surface area contributed by atoms with Crippen molar-refractivity contribution in [3.8, 4) is 0 Å². The van der Waals surface area contributed by atoms with E-state index in [1.165, 1.54) is 16.7 Å². The fraction of sp³-hybridized carbons (Fsp3) is 0.400. The van der Waals surface area contributed by atoms with Crippen LogP contribution in [-0.4, -0.2) is 78.4 Å². The molecule has 10 heteroatoms. The minimum atomic E-state index is -1.51. The van der Waals surface area contributed by atoms with Crippen molar-refractivity contribution in [1.82, 2.24) is 4.90 Å². The van der Waals surface area contributed by atoms with Crippen molar-refractivity contribution >= 4 is 41.0 Å². The van der Waals surface area contributed by atoms with Gasteiger partial charge in [0.15, 0.2) is 0 Å². The first kappa shape index (κ1) is 34.4. The minimum absolute atomic E-state index is 0.0454. The van der Waals surface area contributed by atoms with Gasteiger partial charge in [-0.25, -0.2) is 4.79 Å². The van der Waals surface area contributed by atoms with Crippen molar-refractivity contribution in [2.45, 2.75) is 42.0 Å². The predicted octanol–water partition coefficient (Wildman–Crippen LogP) is 3.00. The van der Waals surface area contributed by atoms with Gasteiger partial charge >= 0.3 is 5.97 Å². The van der Waals surface area contributed by atoms with Crippen molar-refractivity contribution in [1.29, 1.82) is 0 Å². The van der Waals surface area contributed by atoms with Gasteiger partial charge in [-0.1, -0.05) is 60.7 Å². The van der Waals surface area contributed by atoms with Gasteiger partial charge in [-0.2, -0.15) is 0 Å². The van der Waals surface area contributed by atoms with Crippen LogP contribution in [0.4, 0.5) is 0 Å². The zero-order valence-electron chi connectivity index (χ0n) is 25.4. The molecule has 3 atom stereocenters. The van der Waals surface area contributed by atoms with E-state index in [4.69, 9.17) is 33.0 Å². The Bertz CT molecular complexity index is 1400. The second-order valence-electron chi connectivity index (χ2n) is 11.7. The van der Waals surface area contributed by atoms with Crippen LogP contribution < -0.4 is 10.0 Å². The molecule has 0 radical (unpaired) electrons. The van der Waals surface area contributed by atoms with Crippen molar-refractivity contribution in [3.05, 3.63) is 107 Å². The highest BCUT2D eigenvalue weighted by atomic mass is 35.5. The highest BCUT2D eigenvalue weighted by Crippen LogP contribution is 2.39. The molecule has 8 nitrogen and oxygen atoms in total. The van der Waals surface area contributed by atoms with Gasteiger partial charge in [0.25, 0.3) is 5.91 Å². The quantitative estimate of drug-likeness (QED) is 0.318. The van der Waals surface area contributed by atoms with E-state index in [0.29, 0.717) is 24.3 Å². The average molecular weight is 656 g/mol. The smallest absolute Gasteiger partial charge is 0.328 e. The number of ether oxygens (including phenoxy) is 1. The molecule has 2 aromatic rings. The lowest BCUT2D eigenvalue weighted by atomic mass is 9.79. The first-order chi connectivity index (χ1) is 21.6. The fourth-order valence-corrected chi connectivity index (χ4v) is 6.67. The molecule has 5 rings (SSSR count). The second-order valence-corrected chi connectivity index (χ2v) is 12.7. The van der Waals surface area contributed by atoms with E-state index in [9.17, 15) is 19.5 Å². The van der Waals surface area contributed by atoms with Crippen molar-refractivity contribution < 1.29 is 34.2 Å². The number of carboxylic acids is 2. The Balaban J connectivity index is 0.000000510. The third-order valence-corrected chi connectivity index (χ3v) is 9.64. The molecule has 0 bridgehead atoms. The summed E-state index contributed by atoms with van der Waals surface area (Å²) in [4.78, 5) is 35.5. The molecule has 0 aromatic heterocycles. The van der Waals surface area contributed by atoms with Gasteiger partial charge < -0.3 is 29.5 Å². The number of halogens is 2. The highest BCUT2D eigenvalue weighted by molar-refractivity contribution is 6.31. The van der Waals surface area contributed by atoms with E-state index < -0.39 is 11.9 Å². The third kappa shape index (κ3) is 9.53. The van der Waals surface area contributed by atoms with Crippen LogP contribution in [0.5, 0.6) is 0 Å². The van der Waals surface area contributed by atoms with Gasteiger partial charge in [-0.05, 0) is 41.3 Å². The van der Waals surface area contributed by atoms with Crippen molar-refractivity contribution in [2.75, 3.05) is 39.8 Å². The summed E-state index contributed by atoms with van der Waals surface area (Å²) < 4.78 is 6.44. The summed E-state index contributed by atoms with van der Waals surface area (Å²) in [6, 6.07) is 18.3. The maximum absolute atomic E-state index is 13.1. The number of quaternary nitrogens is 1. The Morgan fingerprint density at radius 3 is 2.40 bits per heavy atom. The van der Waals surface area contributed by atoms with E-state index >= 15 is 0 Å². The molecular formula is C35H40Cl2N2O6. The number of aliphatic carboxylic acids is 2. The van der Waals surface area contributed by atoms with Gasteiger partial charge in [0.1, 0.15) is 5.60 Å². The number of rotatable bonds is 9. The van der Waals surface area contributed by atoms with Gasteiger partial charge in [-0.15, -0.1) is 23.2 Å². The molecule has 2 aromatic carbocycles. The molecule has 45 heavy (non-hydrogen) atoms. The van der Waals surface area contributed by atoms with Gasteiger partial charge in [0.05, 0.1) is 43.0 Å². The summed E-state index contributed by atoms with van der Waals surface area (Å²) in [7, 11) is 1.90. The molecule has 1 aliphatic carbocycles. The number of nitrogens with one attached hydrogen (secondary N) is 1. The molecule has 3 aliphatic rings. The zero-order chi connectivity index (χ0) is 32.4. The molecule has 3 unspecified atom stereocenters. The second kappa shape index (κ2) is 16.2. The lowest BCUT2D eigenvalue weighted by Gasteiger charge is -2.43. The SMILES string of the molecule is CN(CC(CC[NH+]1CCC2(CC1)OCCc1ccccc12)C1=CC(Cl)C(Cl)C=C1)C(=O)c1ccccc1.O=C([O-])/C=C\C(=O)O. The number of amides is 1. The maximum Gasteiger partial charge on any atom is 0.328 e. The molecule has 1 amide bonds. The van der Waals surface area contributed by atoms with E-state index in [-0.39, 0.29) is 28.2 Å². The third-order valence-electron chi connectivity index (χ3n) is 8.69. The van der Waals surface area contributed by atoms with E-state index in [1.807, 2.05) is 48.4 Å².